The lowest BCUT2D eigenvalue weighted by Gasteiger charge is -2.06. The maximum Gasteiger partial charge on any atom is 0.0954 e. The van der Waals surface area contributed by atoms with Crippen molar-refractivity contribution in [3.8, 4) is 0 Å². The summed E-state index contributed by atoms with van der Waals surface area (Å²) in [4.78, 5) is 4.40. The van der Waals surface area contributed by atoms with E-state index in [9.17, 15) is 0 Å². The monoisotopic (exact) mass is 187 g/mol. The second kappa shape index (κ2) is 3.33. The molecule has 0 atom stereocenters. The van der Waals surface area contributed by atoms with Crippen LogP contribution >= 0.6 is 0 Å². The fourth-order valence-corrected chi connectivity index (χ4v) is 1.49. The molecule has 0 radical (unpaired) electrons. The highest BCUT2D eigenvalue weighted by Gasteiger charge is 2.08. The average molecular weight is 187 g/mol. The number of aromatic nitrogens is 3. The second-order valence-electron chi connectivity index (χ2n) is 3.84. The van der Waals surface area contributed by atoms with Crippen LogP contribution in [0.4, 0.5) is 0 Å². The van der Waals surface area contributed by atoms with Gasteiger partial charge in [0.1, 0.15) is 0 Å². The molecule has 0 aliphatic heterocycles. The van der Waals surface area contributed by atoms with Crippen LogP contribution < -0.4 is 0 Å². The Balaban J connectivity index is 2.75. The van der Waals surface area contributed by atoms with Crippen LogP contribution in [0, 0.1) is 6.92 Å². The van der Waals surface area contributed by atoms with Crippen molar-refractivity contribution in [2.75, 3.05) is 0 Å². The smallest absolute Gasteiger partial charge is 0.0954 e. The first-order valence-corrected chi connectivity index (χ1v) is 4.76. The van der Waals surface area contributed by atoms with Gasteiger partial charge in [-0.25, -0.2) is 0 Å². The minimum atomic E-state index is 0.362. The van der Waals surface area contributed by atoms with Crippen molar-refractivity contribution >= 4 is 10.9 Å². The molecule has 2 heterocycles. The van der Waals surface area contributed by atoms with E-state index in [1.54, 1.807) is 6.20 Å². The van der Waals surface area contributed by atoms with Gasteiger partial charge in [0.15, 0.2) is 0 Å². The van der Waals surface area contributed by atoms with Gasteiger partial charge in [0.25, 0.3) is 0 Å². The van der Waals surface area contributed by atoms with Gasteiger partial charge in [-0.1, -0.05) is 13.8 Å². The molecule has 0 bridgehead atoms. The van der Waals surface area contributed by atoms with Crippen molar-refractivity contribution in [2.45, 2.75) is 26.7 Å². The lowest BCUT2D eigenvalue weighted by atomic mass is 10.1. The number of aryl methyl sites for hydroxylation is 1. The van der Waals surface area contributed by atoms with Crippen molar-refractivity contribution in [3.63, 3.8) is 0 Å². The van der Waals surface area contributed by atoms with E-state index in [-0.39, 0.29) is 0 Å². The molecule has 2 aromatic heterocycles. The van der Waals surface area contributed by atoms with Gasteiger partial charge in [0.2, 0.25) is 0 Å². The van der Waals surface area contributed by atoms with Gasteiger partial charge < -0.3 is 0 Å². The van der Waals surface area contributed by atoms with E-state index in [2.05, 4.69) is 35.1 Å². The highest BCUT2D eigenvalue weighted by atomic mass is 15.1. The Bertz CT molecular complexity index is 463. The lowest BCUT2D eigenvalue weighted by Crippen LogP contribution is -1.98. The van der Waals surface area contributed by atoms with Gasteiger partial charge in [-0.15, -0.1) is 0 Å². The van der Waals surface area contributed by atoms with E-state index in [0.717, 1.165) is 22.2 Å². The SMILES string of the molecule is Cc1cnc2c(C(C)C)nncc2c1. The van der Waals surface area contributed by atoms with Crippen LogP contribution in [0.1, 0.15) is 31.0 Å². The van der Waals surface area contributed by atoms with Crippen LogP contribution in [-0.4, -0.2) is 15.2 Å². The summed E-state index contributed by atoms with van der Waals surface area (Å²) in [6.45, 7) is 6.23. The molecule has 14 heavy (non-hydrogen) atoms. The molecule has 0 aromatic carbocycles. The highest BCUT2D eigenvalue weighted by Crippen LogP contribution is 2.20. The minimum absolute atomic E-state index is 0.362. The first-order chi connectivity index (χ1) is 6.68. The van der Waals surface area contributed by atoms with Crippen molar-refractivity contribution in [3.05, 3.63) is 29.7 Å². The van der Waals surface area contributed by atoms with Crippen LogP contribution in [0.2, 0.25) is 0 Å². The summed E-state index contributed by atoms with van der Waals surface area (Å²) in [5.41, 5.74) is 3.10. The van der Waals surface area contributed by atoms with E-state index in [4.69, 9.17) is 0 Å². The maximum atomic E-state index is 4.40. The molecule has 72 valence electrons. The van der Waals surface area contributed by atoms with Gasteiger partial charge >= 0.3 is 0 Å². The maximum absolute atomic E-state index is 4.40. The van der Waals surface area contributed by atoms with Crippen molar-refractivity contribution in [1.82, 2.24) is 15.2 Å². The summed E-state index contributed by atoms with van der Waals surface area (Å²) < 4.78 is 0. The van der Waals surface area contributed by atoms with Crippen LogP contribution in [0.3, 0.4) is 0 Å². The molecule has 0 aliphatic rings. The van der Waals surface area contributed by atoms with Crippen LogP contribution in [0.15, 0.2) is 18.5 Å². The Hall–Kier alpha value is -1.51. The van der Waals surface area contributed by atoms with Crippen molar-refractivity contribution < 1.29 is 0 Å². The van der Waals surface area contributed by atoms with E-state index >= 15 is 0 Å². The normalized spacial score (nSPS) is 11.1. The quantitative estimate of drug-likeness (QED) is 0.688. The molecule has 0 saturated carbocycles. The minimum Gasteiger partial charge on any atom is -0.254 e. The van der Waals surface area contributed by atoms with E-state index in [0.29, 0.717) is 5.92 Å². The molecule has 0 saturated heterocycles. The topological polar surface area (TPSA) is 38.7 Å². The van der Waals surface area contributed by atoms with Crippen LogP contribution in [0.5, 0.6) is 0 Å². The molecule has 0 amide bonds. The third kappa shape index (κ3) is 1.45. The van der Waals surface area contributed by atoms with Crippen molar-refractivity contribution in [1.29, 1.82) is 0 Å². The molecule has 0 unspecified atom stereocenters. The summed E-state index contributed by atoms with van der Waals surface area (Å²) in [7, 11) is 0. The zero-order chi connectivity index (χ0) is 10.1. The Morgan fingerprint density at radius 3 is 2.71 bits per heavy atom. The molecule has 2 aromatic rings. The van der Waals surface area contributed by atoms with Gasteiger partial charge in [0, 0.05) is 11.6 Å². The fraction of sp³-hybridized carbons (Fsp3) is 0.364. The molecule has 3 nitrogen and oxygen atoms in total. The number of rotatable bonds is 1. The predicted molar refractivity (Wildman–Crippen MR) is 56.2 cm³/mol. The first kappa shape index (κ1) is 9.06. The number of hydrogen-bond donors (Lipinski definition) is 0. The predicted octanol–water partition coefficient (Wildman–Crippen LogP) is 2.46. The Kier molecular flexibility index (Phi) is 2.15. The number of fused-ring (bicyclic) bond motifs is 1. The third-order valence-corrected chi connectivity index (χ3v) is 2.21. The molecule has 0 N–H and O–H groups in total. The summed E-state index contributed by atoms with van der Waals surface area (Å²) >= 11 is 0. The largest absolute Gasteiger partial charge is 0.254 e. The number of nitrogens with zero attached hydrogens (tertiary/aromatic N) is 3. The van der Waals surface area contributed by atoms with Crippen LogP contribution in [0.25, 0.3) is 10.9 Å². The van der Waals surface area contributed by atoms with Crippen molar-refractivity contribution in [2.24, 2.45) is 0 Å². The summed E-state index contributed by atoms with van der Waals surface area (Å²) in [6.07, 6.45) is 3.64. The number of hydrogen-bond acceptors (Lipinski definition) is 3. The van der Waals surface area contributed by atoms with E-state index < -0.39 is 0 Å². The Morgan fingerprint density at radius 2 is 2.00 bits per heavy atom. The third-order valence-electron chi connectivity index (χ3n) is 2.21. The number of pyridine rings is 1. The average Bonchev–Trinajstić information content (AvgIpc) is 2.16. The van der Waals surface area contributed by atoms with Crippen LogP contribution in [-0.2, 0) is 0 Å². The Labute approximate surface area is 83.2 Å². The molecule has 0 aliphatic carbocycles. The zero-order valence-corrected chi connectivity index (χ0v) is 8.65. The molecular formula is C11H13N3. The van der Waals surface area contributed by atoms with Gasteiger partial charge in [0.05, 0.1) is 17.4 Å². The molecule has 0 spiro atoms. The first-order valence-electron chi connectivity index (χ1n) is 4.76. The molecule has 0 fully saturated rings. The zero-order valence-electron chi connectivity index (χ0n) is 8.65. The van der Waals surface area contributed by atoms with Gasteiger partial charge in [-0.2, -0.15) is 10.2 Å². The fourth-order valence-electron chi connectivity index (χ4n) is 1.49. The second-order valence-corrected chi connectivity index (χ2v) is 3.84. The molecular weight excluding hydrogens is 174 g/mol. The molecule has 3 heteroatoms. The summed E-state index contributed by atoms with van der Waals surface area (Å²) in [5, 5.41) is 9.18. The van der Waals surface area contributed by atoms with Gasteiger partial charge in [-0.05, 0) is 24.5 Å². The summed E-state index contributed by atoms with van der Waals surface area (Å²) in [6, 6.07) is 2.09. The van der Waals surface area contributed by atoms with Gasteiger partial charge in [-0.3, -0.25) is 4.98 Å². The Morgan fingerprint density at radius 1 is 1.21 bits per heavy atom. The molecule has 2 rings (SSSR count). The van der Waals surface area contributed by atoms with E-state index in [1.165, 1.54) is 0 Å². The highest BCUT2D eigenvalue weighted by molar-refractivity contribution is 5.80. The standard InChI is InChI=1S/C11H13N3/c1-7(2)10-11-9(6-13-14-10)4-8(3)5-12-11/h4-7H,1-3H3. The lowest BCUT2D eigenvalue weighted by molar-refractivity contribution is 0.795. The van der Waals surface area contributed by atoms with E-state index in [1.807, 2.05) is 13.1 Å². The summed E-state index contributed by atoms with van der Waals surface area (Å²) in [5.74, 6) is 0.362.